The third kappa shape index (κ3) is 14.2. The van der Waals surface area contributed by atoms with E-state index in [2.05, 4.69) is 62.5 Å². The molecule has 1 unspecified atom stereocenters. The van der Waals surface area contributed by atoms with Crippen LogP contribution < -0.4 is 11.1 Å². The van der Waals surface area contributed by atoms with Crippen LogP contribution in [0.1, 0.15) is 135 Å². The van der Waals surface area contributed by atoms with Crippen molar-refractivity contribution in [2.24, 2.45) is 5.73 Å². The van der Waals surface area contributed by atoms with Crippen molar-refractivity contribution in [3.63, 3.8) is 0 Å². The molecule has 4 nitrogen and oxygen atoms in total. The third-order valence-electron chi connectivity index (χ3n) is 7.50. The van der Waals surface area contributed by atoms with Crippen LogP contribution in [0.2, 0.25) is 0 Å². The average molecular weight is 501 g/mol. The van der Waals surface area contributed by atoms with Crippen LogP contribution in [-0.4, -0.2) is 23.7 Å². The maximum absolute atomic E-state index is 12.2. The molecule has 0 saturated heterocycles. The second-order valence-electron chi connectivity index (χ2n) is 10.5. The van der Waals surface area contributed by atoms with Crippen molar-refractivity contribution >= 4 is 5.91 Å². The molecule has 0 aliphatic heterocycles. The molecule has 1 rings (SSSR count). The first-order valence-electron chi connectivity index (χ1n) is 14.9. The number of allylic oxidation sites excluding steroid dienone is 1. The Morgan fingerprint density at radius 3 is 2.39 bits per heavy atom. The minimum Gasteiger partial charge on any atom is -0.393 e. The summed E-state index contributed by atoms with van der Waals surface area (Å²) in [7, 11) is 0. The van der Waals surface area contributed by atoms with Crippen LogP contribution in [0.4, 0.5) is 0 Å². The zero-order chi connectivity index (χ0) is 26.5. The highest BCUT2D eigenvalue weighted by Crippen LogP contribution is 2.29. The lowest BCUT2D eigenvalue weighted by molar-refractivity contribution is -0.121. The summed E-state index contributed by atoms with van der Waals surface area (Å²) in [5.74, 6) is 0.176. The molecule has 0 aliphatic rings. The van der Waals surface area contributed by atoms with Crippen molar-refractivity contribution in [2.75, 3.05) is 6.54 Å². The molecule has 1 aromatic carbocycles. The summed E-state index contributed by atoms with van der Waals surface area (Å²) in [5.41, 5.74) is 8.95. The summed E-state index contributed by atoms with van der Waals surface area (Å²) in [6.07, 6.45) is 22.0. The van der Waals surface area contributed by atoms with E-state index in [0.717, 1.165) is 70.8 Å². The number of benzene rings is 1. The Kier molecular flexibility index (Phi) is 18.4. The van der Waals surface area contributed by atoms with Gasteiger partial charge in [0.2, 0.25) is 5.91 Å². The Morgan fingerprint density at radius 2 is 1.64 bits per heavy atom. The lowest BCUT2D eigenvalue weighted by atomic mass is 9.82. The number of aliphatic hydroxyl groups is 1. The predicted molar refractivity (Wildman–Crippen MR) is 155 cm³/mol. The maximum Gasteiger partial charge on any atom is 0.219 e. The monoisotopic (exact) mass is 500 g/mol. The summed E-state index contributed by atoms with van der Waals surface area (Å²) in [5, 5.41) is 13.1. The summed E-state index contributed by atoms with van der Waals surface area (Å²) in [6.45, 7) is 7.25. The van der Waals surface area contributed by atoms with Gasteiger partial charge >= 0.3 is 0 Å². The van der Waals surface area contributed by atoms with E-state index in [-0.39, 0.29) is 17.6 Å². The summed E-state index contributed by atoms with van der Waals surface area (Å²) >= 11 is 0. The first-order valence-corrected chi connectivity index (χ1v) is 14.9. The van der Waals surface area contributed by atoms with Gasteiger partial charge in [0.25, 0.3) is 0 Å². The number of carbonyl (C=O) groups is 1. The molecule has 0 spiro atoms. The molecule has 36 heavy (non-hydrogen) atoms. The number of hydrogen-bond acceptors (Lipinski definition) is 3. The van der Waals surface area contributed by atoms with Gasteiger partial charge in [-0.2, -0.15) is 0 Å². The van der Waals surface area contributed by atoms with Gasteiger partial charge < -0.3 is 16.2 Å². The number of nitrogens with two attached hydrogens (primary N) is 1. The summed E-state index contributed by atoms with van der Waals surface area (Å²) in [6, 6.07) is 8.50. The Balaban J connectivity index is 2.05. The van der Waals surface area contributed by atoms with Gasteiger partial charge in [-0.1, -0.05) is 102 Å². The van der Waals surface area contributed by atoms with E-state index < -0.39 is 0 Å². The van der Waals surface area contributed by atoms with Crippen molar-refractivity contribution in [1.29, 1.82) is 0 Å². The number of unbranched alkanes of at least 4 members (excludes halogenated alkanes) is 8. The first-order chi connectivity index (χ1) is 17.5. The molecule has 206 valence electrons. The SMILES string of the molecule is CCCCCCC(O)C/C=C\CCCCCCCC(=O)NCCCc1ccccc1C(N)(CC)CC. The average Bonchev–Trinajstić information content (AvgIpc) is 2.90. The highest BCUT2D eigenvalue weighted by atomic mass is 16.3. The highest BCUT2D eigenvalue weighted by molar-refractivity contribution is 5.75. The van der Waals surface area contributed by atoms with Crippen LogP contribution >= 0.6 is 0 Å². The molecular weight excluding hydrogens is 444 g/mol. The largest absolute Gasteiger partial charge is 0.393 e. The predicted octanol–water partition coefficient (Wildman–Crippen LogP) is 7.72. The van der Waals surface area contributed by atoms with Gasteiger partial charge in [-0.25, -0.2) is 0 Å². The van der Waals surface area contributed by atoms with E-state index in [4.69, 9.17) is 5.73 Å². The van der Waals surface area contributed by atoms with Crippen LogP contribution in [0.25, 0.3) is 0 Å². The topological polar surface area (TPSA) is 75.3 Å². The van der Waals surface area contributed by atoms with Gasteiger partial charge in [0, 0.05) is 18.5 Å². The number of nitrogens with one attached hydrogen (secondary N) is 1. The van der Waals surface area contributed by atoms with Gasteiger partial charge in [-0.15, -0.1) is 0 Å². The van der Waals surface area contributed by atoms with E-state index in [1.54, 1.807) is 0 Å². The van der Waals surface area contributed by atoms with Gasteiger partial charge in [-0.05, 0) is 68.9 Å². The number of rotatable bonds is 22. The maximum atomic E-state index is 12.2. The molecule has 1 atom stereocenters. The number of amides is 1. The Hall–Kier alpha value is -1.65. The van der Waals surface area contributed by atoms with Crippen molar-refractivity contribution in [3.05, 3.63) is 47.5 Å². The van der Waals surface area contributed by atoms with Gasteiger partial charge in [0.15, 0.2) is 0 Å². The van der Waals surface area contributed by atoms with E-state index in [9.17, 15) is 9.90 Å². The van der Waals surface area contributed by atoms with Crippen LogP contribution in [-0.2, 0) is 16.8 Å². The molecule has 0 fully saturated rings. The molecule has 0 saturated carbocycles. The van der Waals surface area contributed by atoms with Crippen LogP contribution in [0, 0.1) is 0 Å². The second kappa shape index (κ2) is 20.4. The third-order valence-corrected chi connectivity index (χ3v) is 7.50. The van der Waals surface area contributed by atoms with E-state index in [1.807, 2.05) is 0 Å². The minimum absolute atomic E-state index is 0.174. The molecule has 0 aromatic heterocycles. The molecule has 4 N–H and O–H groups in total. The molecular formula is C32H56N2O2. The number of carbonyl (C=O) groups excluding carboxylic acids is 1. The van der Waals surface area contributed by atoms with Crippen molar-refractivity contribution in [2.45, 2.75) is 142 Å². The van der Waals surface area contributed by atoms with Crippen molar-refractivity contribution in [1.82, 2.24) is 5.32 Å². The minimum atomic E-state index is -0.258. The molecule has 1 aromatic rings. The van der Waals surface area contributed by atoms with Crippen molar-refractivity contribution < 1.29 is 9.90 Å². The summed E-state index contributed by atoms with van der Waals surface area (Å²) in [4.78, 5) is 12.2. The fourth-order valence-electron chi connectivity index (χ4n) is 4.82. The quantitative estimate of drug-likeness (QED) is 0.113. The number of aryl methyl sites for hydroxylation is 1. The van der Waals surface area contributed by atoms with Crippen LogP contribution in [0.15, 0.2) is 36.4 Å². The fraction of sp³-hybridized carbons (Fsp3) is 0.719. The van der Waals surface area contributed by atoms with Gasteiger partial charge in [0.1, 0.15) is 0 Å². The standard InChI is InChI=1S/C32H56N2O2/c1-4-7-8-15-23-29(35)24-16-13-11-9-10-12-14-17-26-31(36)34-27-20-22-28-21-18-19-25-30(28)32(33,5-2)6-3/h13,16,18-19,21,25,29,35H,4-12,14-15,17,20,22-24,26-27,33H2,1-3H3,(H,34,36)/b16-13-. The highest BCUT2D eigenvalue weighted by Gasteiger charge is 2.25. The molecule has 1 amide bonds. The Bertz CT molecular complexity index is 712. The fourth-order valence-corrected chi connectivity index (χ4v) is 4.82. The zero-order valence-electron chi connectivity index (χ0n) is 23.7. The van der Waals surface area contributed by atoms with Crippen molar-refractivity contribution in [3.8, 4) is 0 Å². The second-order valence-corrected chi connectivity index (χ2v) is 10.5. The van der Waals surface area contributed by atoms with E-state index in [0.29, 0.717) is 6.42 Å². The van der Waals surface area contributed by atoms with Crippen LogP contribution in [0.3, 0.4) is 0 Å². The van der Waals surface area contributed by atoms with Crippen LogP contribution in [0.5, 0.6) is 0 Å². The molecule has 0 radical (unpaired) electrons. The first kappa shape index (κ1) is 32.4. The van der Waals surface area contributed by atoms with Gasteiger partial charge in [0.05, 0.1) is 6.10 Å². The Morgan fingerprint density at radius 1 is 0.944 bits per heavy atom. The molecule has 0 heterocycles. The molecule has 0 bridgehead atoms. The molecule has 0 aliphatic carbocycles. The van der Waals surface area contributed by atoms with E-state index in [1.165, 1.54) is 49.7 Å². The van der Waals surface area contributed by atoms with Gasteiger partial charge in [-0.3, -0.25) is 4.79 Å². The van der Waals surface area contributed by atoms with E-state index >= 15 is 0 Å². The smallest absolute Gasteiger partial charge is 0.219 e. The summed E-state index contributed by atoms with van der Waals surface area (Å²) < 4.78 is 0. The normalized spacial score (nSPS) is 12.8. The Labute approximate surface area is 222 Å². The number of aliphatic hydroxyl groups excluding tert-OH is 1. The molecule has 4 heteroatoms. The lowest BCUT2D eigenvalue weighted by Gasteiger charge is -2.29. The zero-order valence-corrected chi connectivity index (χ0v) is 23.7. The lowest BCUT2D eigenvalue weighted by Crippen LogP contribution is -2.36. The number of hydrogen-bond donors (Lipinski definition) is 3.